The second kappa shape index (κ2) is 3.22. The Hall–Kier alpha value is -1.03. The monoisotopic (exact) mass is 136 g/mol. The summed E-state index contributed by atoms with van der Waals surface area (Å²) in [4.78, 5) is 3.96. The van der Waals surface area contributed by atoms with Crippen molar-refractivity contribution in [2.75, 3.05) is 5.23 Å². The lowest BCUT2D eigenvalue weighted by Gasteiger charge is -1.98. The van der Waals surface area contributed by atoms with Crippen molar-refractivity contribution in [3.05, 3.63) is 24.0 Å². The molecule has 0 atom stereocenters. The number of rotatable bonds is 2. The van der Waals surface area contributed by atoms with Gasteiger partial charge in [0.1, 0.15) is 0 Å². The predicted octanol–water partition coefficient (Wildman–Crippen LogP) is -0.466. The maximum absolute atomic E-state index is 8.62. The summed E-state index contributed by atoms with van der Waals surface area (Å²) in [5, 5.41) is 11.6. The summed E-state index contributed by atoms with van der Waals surface area (Å²) in [6.07, 6.45) is 1.69. The first kappa shape index (κ1) is 7.09. The van der Waals surface area contributed by atoms with E-state index in [1.807, 2.05) is 14.0 Å². The third-order valence-corrected chi connectivity index (χ3v) is 1.28. The molecule has 10 heavy (non-hydrogen) atoms. The molecular weight excluding hydrogens is 127 g/mol. The number of aliphatic hydroxyl groups excluding tert-OH is 1. The van der Waals surface area contributed by atoms with Crippen LogP contribution >= 0.6 is 0 Å². The molecule has 0 aromatic carbocycles. The van der Waals surface area contributed by atoms with Crippen LogP contribution in [0.25, 0.3) is 0 Å². The number of hydrogen-bond donors (Lipinski definition) is 2. The summed E-state index contributed by atoms with van der Waals surface area (Å²) in [6, 6.07) is 3.66. The first-order valence-corrected chi connectivity index (χ1v) is 3.10. The zero-order chi connectivity index (χ0) is 7.40. The van der Waals surface area contributed by atoms with Crippen molar-refractivity contribution in [3.8, 4) is 0 Å². The van der Waals surface area contributed by atoms with Crippen LogP contribution < -0.4 is 5.23 Å². The molecule has 3 nitrogen and oxygen atoms in total. The van der Waals surface area contributed by atoms with Gasteiger partial charge in [-0.1, -0.05) is 0 Å². The Balaban J connectivity index is 2.80. The number of aliphatic hydroxyl groups is 1. The second-order valence-corrected chi connectivity index (χ2v) is 1.95. The maximum atomic E-state index is 8.62. The van der Waals surface area contributed by atoms with E-state index in [1.54, 1.807) is 12.3 Å². The normalized spacial score (nSPS) is 9.30. The quantitative estimate of drug-likeness (QED) is 0.540. The zero-order valence-corrected chi connectivity index (χ0v) is 5.83. The Bertz CT molecular complexity index is 176. The highest BCUT2D eigenvalue weighted by Crippen LogP contribution is 2.03. The van der Waals surface area contributed by atoms with Crippen molar-refractivity contribution in [3.63, 3.8) is 0 Å². The second-order valence-electron chi connectivity index (χ2n) is 1.95. The maximum Gasteiger partial charge on any atom is 0.214 e. The topological polar surface area (TPSA) is 45.1 Å². The van der Waals surface area contributed by atoms with Gasteiger partial charge >= 0.3 is 0 Å². The molecular formula is C6H9BN2O. The molecule has 0 saturated carbocycles. The van der Waals surface area contributed by atoms with Crippen molar-refractivity contribution in [1.82, 2.24) is 4.98 Å². The lowest BCUT2D eigenvalue weighted by atomic mass is 10.3. The third-order valence-electron chi connectivity index (χ3n) is 1.28. The number of pyridine rings is 1. The molecule has 4 heteroatoms. The highest BCUT2D eigenvalue weighted by atomic mass is 16.3. The van der Waals surface area contributed by atoms with Crippen LogP contribution in [0.15, 0.2) is 18.3 Å². The van der Waals surface area contributed by atoms with Gasteiger partial charge in [-0.2, -0.15) is 0 Å². The minimum absolute atomic E-state index is 0.00396. The van der Waals surface area contributed by atoms with Gasteiger partial charge in [-0.25, -0.2) is 0 Å². The summed E-state index contributed by atoms with van der Waals surface area (Å²) in [5.74, 6) is 0. The number of nitrogens with zero attached hydrogens (tertiary/aromatic N) is 1. The van der Waals surface area contributed by atoms with Gasteiger partial charge in [-0.3, -0.25) is 4.98 Å². The van der Waals surface area contributed by atoms with E-state index >= 15 is 0 Å². The lowest BCUT2D eigenvalue weighted by molar-refractivity contribution is 0.277. The average molecular weight is 136 g/mol. The van der Waals surface area contributed by atoms with Crippen molar-refractivity contribution in [2.24, 2.45) is 0 Å². The standard InChI is InChI=1S/C6H9BN2O/c7-9-5-1-2-6(4-10)8-3-5/h1-3,9-10H,4,7H2. The van der Waals surface area contributed by atoms with Crippen molar-refractivity contribution in [2.45, 2.75) is 6.61 Å². The Labute approximate surface area is 60.5 Å². The molecule has 1 heterocycles. The van der Waals surface area contributed by atoms with E-state index in [2.05, 4.69) is 10.2 Å². The van der Waals surface area contributed by atoms with Crippen LogP contribution in [0, 0.1) is 0 Å². The van der Waals surface area contributed by atoms with Crippen LogP contribution in [0.1, 0.15) is 5.69 Å². The van der Waals surface area contributed by atoms with Gasteiger partial charge in [0, 0.05) is 11.9 Å². The molecule has 0 amide bonds. The largest absolute Gasteiger partial charge is 0.433 e. The highest BCUT2D eigenvalue weighted by Gasteiger charge is 1.89. The number of nitrogens with one attached hydrogen (secondary N) is 1. The molecule has 0 aliphatic heterocycles. The predicted molar refractivity (Wildman–Crippen MR) is 42.3 cm³/mol. The van der Waals surface area contributed by atoms with E-state index in [4.69, 9.17) is 5.11 Å². The van der Waals surface area contributed by atoms with Crippen LogP contribution in [0.5, 0.6) is 0 Å². The van der Waals surface area contributed by atoms with Gasteiger partial charge in [0.2, 0.25) is 7.98 Å². The molecule has 0 saturated heterocycles. The van der Waals surface area contributed by atoms with Gasteiger partial charge in [0.15, 0.2) is 0 Å². The van der Waals surface area contributed by atoms with Gasteiger partial charge in [-0.15, -0.1) is 0 Å². The first-order chi connectivity index (χ1) is 4.86. The number of anilines is 1. The van der Waals surface area contributed by atoms with Gasteiger partial charge < -0.3 is 10.3 Å². The molecule has 1 rings (SSSR count). The first-order valence-electron chi connectivity index (χ1n) is 3.10. The molecule has 0 fully saturated rings. The zero-order valence-electron chi connectivity index (χ0n) is 5.83. The molecule has 52 valence electrons. The molecule has 2 N–H and O–H groups in total. The number of aromatic nitrogens is 1. The van der Waals surface area contributed by atoms with E-state index in [0.717, 1.165) is 5.69 Å². The molecule has 0 spiro atoms. The summed E-state index contributed by atoms with van der Waals surface area (Å²) >= 11 is 0. The van der Waals surface area contributed by atoms with Crippen LogP contribution in [0.4, 0.5) is 5.69 Å². The van der Waals surface area contributed by atoms with Gasteiger partial charge in [-0.05, 0) is 12.1 Å². The third kappa shape index (κ3) is 1.48. The molecule has 1 aromatic heterocycles. The molecule has 0 aliphatic carbocycles. The summed E-state index contributed by atoms with van der Waals surface area (Å²) in [7, 11) is 1.83. The van der Waals surface area contributed by atoms with E-state index in [-0.39, 0.29) is 6.61 Å². The Morgan fingerprint density at radius 2 is 2.40 bits per heavy atom. The van der Waals surface area contributed by atoms with Crippen molar-refractivity contribution < 1.29 is 5.11 Å². The minimum atomic E-state index is 0.00396. The molecule has 0 unspecified atom stereocenters. The van der Waals surface area contributed by atoms with Crippen LogP contribution in [-0.2, 0) is 6.61 Å². The van der Waals surface area contributed by atoms with E-state index in [1.165, 1.54) is 0 Å². The summed E-state index contributed by atoms with van der Waals surface area (Å²) in [5.41, 5.74) is 1.65. The lowest BCUT2D eigenvalue weighted by Crippen LogP contribution is -1.93. The van der Waals surface area contributed by atoms with Crippen LogP contribution in [0.3, 0.4) is 0 Å². The molecule has 1 aromatic rings. The van der Waals surface area contributed by atoms with Crippen LogP contribution in [0.2, 0.25) is 0 Å². The van der Waals surface area contributed by atoms with Gasteiger partial charge in [0.25, 0.3) is 0 Å². The average Bonchev–Trinajstić information content (AvgIpc) is 2.05. The molecule has 0 radical (unpaired) electrons. The van der Waals surface area contributed by atoms with E-state index in [0.29, 0.717) is 5.69 Å². The fraction of sp³-hybridized carbons (Fsp3) is 0.167. The van der Waals surface area contributed by atoms with Crippen LogP contribution in [-0.4, -0.2) is 18.1 Å². The van der Waals surface area contributed by atoms with E-state index < -0.39 is 0 Å². The SMILES string of the molecule is BNc1ccc(CO)nc1. The fourth-order valence-electron chi connectivity index (χ4n) is 0.666. The fourth-order valence-corrected chi connectivity index (χ4v) is 0.666. The van der Waals surface area contributed by atoms with Gasteiger partial charge in [0.05, 0.1) is 12.3 Å². The molecule has 0 aliphatic rings. The van der Waals surface area contributed by atoms with Crippen molar-refractivity contribution in [1.29, 1.82) is 0 Å². The Morgan fingerprint density at radius 3 is 2.80 bits per heavy atom. The highest BCUT2D eigenvalue weighted by molar-refractivity contribution is 6.15. The Morgan fingerprint density at radius 1 is 1.60 bits per heavy atom. The summed E-state index contributed by atoms with van der Waals surface area (Å²) in [6.45, 7) is 0.00396. The van der Waals surface area contributed by atoms with Crippen molar-refractivity contribution >= 4 is 13.7 Å². The van der Waals surface area contributed by atoms with E-state index in [9.17, 15) is 0 Å². The smallest absolute Gasteiger partial charge is 0.214 e. The summed E-state index contributed by atoms with van der Waals surface area (Å²) < 4.78 is 0. The molecule has 0 bridgehead atoms. The number of hydrogen-bond acceptors (Lipinski definition) is 3. The Kier molecular flexibility index (Phi) is 2.28. The minimum Gasteiger partial charge on any atom is -0.433 e.